The molecule has 0 aromatic heterocycles. The standard InChI is InChI=1S/C9H11Cl2NO3/c10-5-1-4(2-6(11)9(5)15)8(14)7(13)3-12/h1-2,7-8,13-15H,3,12H2. The number of hydrogen-bond acceptors (Lipinski definition) is 4. The first-order chi connectivity index (χ1) is 6.97. The SMILES string of the molecule is NCC(O)C(O)c1cc(Cl)c(O)c(Cl)c1. The number of hydrogen-bond donors (Lipinski definition) is 4. The fourth-order valence-corrected chi connectivity index (χ4v) is 1.61. The van der Waals surface area contributed by atoms with Crippen LogP contribution >= 0.6 is 23.2 Å². The van der Waals surface area contributed by atoms with Crippen molar-refractivity contribution in [2.75, 3.05) is 6.54 Å². The molecule has 0 aliphatic heterocycles. The molecule has 1 aromatic rings. The molecule has 0 spiro atoms. The van der Waals surface area contributed by atoms with E-state index in [0.29, 0.717) is 5.56 Å². The molecule has 4 nitrogen and oxygen atoms in total. The second kappa shape index (κ2) is 5.01. The lowest BCUT2D eigenvalue weighted by atomic mass is 10.0. The summed E-state index contributed by atoms with van der Waals surface area (Å²) < 4.78 is 0. The Morgan fingerprint density at radius 2 is 1.67 bits per heavy atom. The summed E-state index contributed by atoms with van der Waals surface area (Å²) in [6.07, 6.45) is -2.27. The van der Waals surface area contributed by atoms with Crippen LogP contribution in [-0.2, 0) is 0 Å². The Bertz CT molecular complexity index is 336. The first-order valence-corrected chi connectivity index (χ1v) is 4.97. The van der Waals surface area contributed by atoms with Gasteiger partial charge in [-0.05, 0) is 17.7 Å². The minimum Gasteiger partial charge on any atom is -0.505 e. The molecular weight excluding hydrogens is 241 g/mol. The maximum atomic E-state index is 9.60. The lowest BCUT2D eigenvalue weighted by Gasteiger charge is -2.17. The molecule has 0 radical (unpaired) electrons. The minimum absolute atomic E-state index is 0.0146. The fourth-order valence-electron chi connectivity index (χ4n) is 1.11. The van der Waals surface area contributed by atoms with Gasteiger partial charge in [0, 0.05) is 6.54 Å². The van der Waals surface area contributed by atoms with Crippen LogP contribution in [0.1, 0.15) is 11.7 Å². The average molecular weight is 252 g/mol. The van der Waals surface area contributed by atoms with Gasteiger partial charge >= 0.3 is 0 Å². The number of rotatable bonds is 3. The quantitative estimate of drug-likeness (QED) is 0.647. The zero-order chi connectivity index (χ0) is 11.6. The molecule has 1 rings (SSSR count). The second-order valence-electron chi connectivity index (χ2n) is 3.08. The van der Waals surface area contributed by atoms with Gasteiger partial charge in [-0.1, -0.05) is 23.2 Å². The monoisotopic (exact) mass is 251 g/mol. The first-order valence-electron chi connectivity index (χ1n) is 4.21. The third-order valence-electron chi connectivity index (χ3n) is 1.99. The lowest BCUT2D eigenvalue weighted by Crippen LogP contribution is -2.27. The zero-order valence-corrected chi connectivity index (χ0v) is 9.20. The van der Waals surface area contributed by atoms with Crippen LogP contribution in [0.15, 0.2) is 12.1 Å². The van der Waals surface area contributed by atoms with Crippen LogP contribution in [0.5, 0.6) is 5.75 Å². The number of phenols is 1. The summed E-state index contributed by atoms with van der Waals surface area (Å²) in [5.74, 6) is -0.253. The largest absolute Gasteiger partial charge is 0.505 e. The van der Waals surface area contributed by atoms with Crippen molar-refractivity contribution in [3.05, 3.63) is 27.7 Å². The second-order valence-corrected chi connectivity index (χ2v) is 3.90. The molecule has 0 aliphatic rings. The van der Waals surface area contributed by atoms with E-state index in [0.717, 1.165) is 0 Å². The Hall–Kier alpha value is -0.520. The van der Waals surface area contributed by atoms with Gasteiger partial charge in [-0.15, -0.1) is 0 Å². The summed E-state index contributed by atoms with van der Waals surface area (Å²) in [5, 5.41) is 28.2. The van der Waals surface area contributed by atoms with Crippen LogP contribution in [0.25, 0.3) is 0 Å². The maximum absolute atomic E-state index is 9.60. The average Bonchev–Trinajstić information content (AvgIpc) is 2.23. The van der Waals surface area contributed by atoms with E-state index in [1.807, 2.05) is 0 Å². The van der Waals surface area contributed by atoms with Crippen molar-refractivity contribution in [1.82, 2.24) is 0 Å². The van der Waals surface area contributed by atoms with E-state index in [-0.39, 0.29) is 22.3 Å². The van der Waals surface area contributed by atoms with Gasteiger partial charge in [0.15, 0.2) is 5.75 Å². The molecule has 15 heavy (non-hydrogen) atoms. The molecule has 6 heteroatoms. The maximum Gasteiger partial charge on any atom is 0.152 e. The van der Waals surface area contributed by atoms with Gasteiger partial charge in [-0.3, -0.25) is 0 Å². The van der Waals surface area contributed by atoms with E-state index in [2.05, 4.69) is 0 Å². The van der Waals surface area contributed by atoms with Crippen LogP contribution in [0.2, 0.25) is 10.0 Å². The van der Waals surface area contributed by atoms with Gasteiger partial charge in [0.05, 0.1) is 16.1 Å². The Labute approximate surface area is 96.9 Å². The third kappa shape index (κ3) is 2.74. The van der Waals surface area contributed by atoms with E-state index >= 15 is 0 Å². The van der Waals surface area contributed by atoms with Gasteiger partial charge in [0.25, 0.3) is 0 Å². The molecule has 1 aromatic carbocycles. The molecule has 0 saturated heterocycles. The molecule has 0 heterocycles. The van der Waals surface area contributed by atoms with Gasteiger partial charge in [-0.25, -0.2) is 0 Å². The van der Waals surface area contributed by atoms with Crippen LogP contribution in [0.3, 0.4) is 0 Å². The molecule has 0 aliphatic carbocycles. The smallest absolute Gasteiger partial charge is 0.152 e. The number of aliphatic hydroxyl groups is 2. The fraction of sp³-hybridized carbons (Fsp3) is 0.333. The van der Waals surface area contributed by atoms with Gasteiger partial charge in [0.2, 0.25) is 0 Å². The third-order valence-corrected chi connectivity index (χ3v) is 2.56. The molecule has 0 saturated carbocycles. The highest BCUT2D eigenvalue weighted by Crippen LogP contribution is 2.35. The molecule has 5 N–H and O–H groups in total. The number of benzene rings is 1. The Balaban J connectivity index is 3.06. The Kier molecular flexibility index (Phi) is 4.19. The van der Waals surface area contributed by atoms with Crippen LogP contribution in [-0.4, -0.2) is 28.0 Å². The molecule has 0 bridgehead atoms. The summed E-state index contributed by atoms with van der Waals surface area (Å²) in [4.78, 5) is 0. The molecule has 2 atom stereocenters. The highest BCUT2D eigenvalue weighted by atomic mass is 35.5. The molecule has 0 amide bonds. The van der Waals surface area contributed by atoms with Crippen LogP contribution < -0.4 is 5.73 Å². The predicted molar refractivity (Wildman–Crippen MR) is 58.1 cm³/mol. The van der Waals surface area contributed by atoms with Crippen molar-refractivity contribution in [3.63, 3.8) is 0 Å². The van der Waals surface area contributed by atoms with E-state index in [1.165, 1.54) is 12.1 Å². The highest BCUT2D eigenvalue weighted by Gasteiger charge is 2.19. The number of halogens is 2. The summed E-state index contributed by atoms with van der Waals surface area (Å²) in [6, 6.07) is 2.65. The Morgan fingerprint density at radius 1 is 1.20 bits per heavy atom. The number of phenolic OH excluding ortho intramolecular Hbond substituents is 1. The lowest BCUT2D eigenvalue weighted by molar-refractivity contribution is 0.0243. The summed E-state index contributed by atoms with van der Waals surface area (Å²) >= 11 is 11.3. The van der Waals surface area contributed by atoms with Crippen LogP contribution in [0.4, 0.5) is 0 Å². The number of aromatic hydroxyl groups is 1. The van der Waals surface area contributed by atoms with E-state index in [4.69, 9.17) is 28.9 Å². The van der Waals surface area contributed by atoms with Crippen molar-refractivity contribution in [2.45, 2.75) is 12.2 Å². The number of aliphatic hydroxyl groups excluding tert-OH is 2. The Morgan fingerprint density at radius 3 is 2.07 bits per heavy atom. The van der Waals surface area contributed by atoms with Crippen molar-refractivity contribution in [1.29, 1.82) is 0 Å². The van der Waals surface area contributed by atoms with Crippen molar-refractivity contribution < 1.29 is 15.3 Å². The zero-order valence-electron chi connectivity index (χ0n) is 7.69. The summed E-state index contributed by atoms with van der Waals surface area (Å²) in [5.41, 5.74) is 5.50. The molecular formula is C9H11Cl2NO3. The van der Waals surface area contributed by atoms with Crippen LogP contribution in [0, 0.1) is 0 Å². The first kappa shape index (κ1) is 12.5. The van der Waals surface area contributed by atoms with Gasteiger partial charge in [0.1, 0.15) is 6.10 Å². The van der Waals surface area contributed by atoms with E-state index < -0.39 is 12.2 Å². The molecule has 2 unspecified atom stereocenters. The highest BCUT2D eigenvalue weighted by molar-refractivity contribution is 6.37. The van der Waals surface area contributed by atoms with Crippen molar-refractivity contribution >= 4 is 23.2 Å². The molecule has 84 valence electrons. The van der Waals surface area contributed by atoms with Crippen molar-refractivity contribution in [3.8, 4) is 5.75 Å². The topological polar surface area (TPSA) is 86.7 Å². The molecule has 0 fully saturated rings. The van der Waals surface area contributed by atoms with Crippen molar-refractivity contribution in [2.24, 2.45) is 5.73 Å². The van der Waals surface area contributed by atoms with E-state index in [1.54, 1.807) is 0 Å². The van der Waals surface area contributed by atoms with Gasteiger partial charge in [-0.2, -0.15) is 0 Å². The minimum atomic E-state index is -1.18. The van der Waals surface area contributed by atoms with E-state index in [9.17, 15) is 15.3 Å². The summed E-state index contributed by atoms with van der Waals surface area (Å²) in [6.45, 7) is -0.0860. The normalized spacial score (nSPS) is 15.0. The summed E-state index contributed by atoms with van der Waals surface area (Å²) in [7, 11) is 0. The van der Waals surface area contributed by atoms with Gasteiger partial charge < -0.3 is 21.1 Å². The number of nitrogens with two attached hydrogens (primary N) is 1. The predicted octanol–water partition coefficient (Wildman–Crippen LogP) is 1.05.